The summed E-state index contributed by atoms with van der Waals surface area (Å²) in [6.07, 6.45) is 44.1. The molecule has 15 fully saturated rings. The van der Waals surface area contributed by atoms with Crippen LogP contribution in [0.15, 0.2) is 0 Å². The lowest BCUT2D eigenvalue weighted by Crippen LogP contribution is -2.64. The van der Waals surface area contributed by atoms with E-state index < -0.39 is 0 Å². The highest BCUT2D eigenvalue weighted by atomic mass is 16.5. The minimum absolute atomic E-state index is 0.0185. The third kappa shape index (κ3) is 16.3. The van der Waals surface area contributed by atoms with Crippen LogP contribution in [0.2, 0.25) is 0 Å². The van der Waals surface area contributed by atoms with Crippen molar-refractivity contribution in [2.75, 3.05) is 59.9 Å². The van der Waals surface area contributed by atoms with Crippen molar-refractivity contribution in [1.29, 1.82) is 0 Å². The fraction of sp³-hybridized carbons (Fsp3) is 1.00. The van der Waals surface area contributed by atoms with Gasteiger partial charge in [-0.25, -0.2) is 0 Å². The van der Waals surface area contributed by atoms with Crippen molar-refractivity contribution in [3.8, 4) is 0 Å². The van der Waals surface area contributed by atoms with Crippen LogP contribution in [0.25, 0.3) is 0 Å². The number of nitrogens with zero attached hydrogens (tertiary/aromatic N) is 1. The monoisotopic (exact) mass is 1470 g/mol. The van der Waals surface area contributed by atoms with Gasteiger partial charge in [0.15, 0.2) is 0 Å². The first kappa shape index (κ1) is 79.6. The Morgan fingerprint density at radius 2 is 0.410 bits per heavy atom. The molecule has 16 nitrogen and oxygen atoms in total. The molecule has 36 atom stereocenters. The van der Waals surface area contributed by atoms with E-state index >= 15 is 0 Å². The highest BCUT2D eigenvalue weighted by Crippen LogP contribution is 2.62. The van der Waals surface area contributed by atoms with Crippen LogP contribution < -0.4 is 37.2 Å². The number of fused-ring (bicyclic) bond motifs is 26. The summed E-state index contributed by atoms with van der Waals surface area (Å²) >= 11 is 0. The summed E-state index contributed by atoms with van der Waals surface area (Å²) in [7, 11) is 2.54. The number of unbranched alkanes of at least 4 members (excludes halogenated alkanes) is 8. The standard InChI is InChI=1S/C89H158N8O8/c1-10-18-42-98-74-58-38-30-31-39-59(58)75(99-43-19-11-2)67-66(74)82-90-83-68-69(79(103-47-23-15-6)63-51-55-35-27-26-34-54(55)50-62(63)78(68)102-46-22-14-5)84(91-83)92-85-70-71(81(105-49-25-17-8)65-53-57-37-29-28-36-56(57)52-64(65)80(70)104-48-24-16-7)87(94-85)96-89-73-72(88(97(89)9)95-86(67)93-82)76(100-44-20-12-3)60-40-32-33-41-61(60)77(73)101-45-21-13-4/h54-96H,10-53H2,1-9H3. The summed E-state index contributed by atoms with van der Waals surface area (Å²) in [6.45, 7) is 25.4. The van der Waals surface area contributed by atoms with E-state index in [9.17, 15) is 0 Å². The van der Waals surface area contributed by atoms with E-state index in [0.29, 0.717) is 47.3 Å². The largest absolute Gasteiger partial charge is 0.378 e. The molecule has 15 aliphatic rings. The van der Waals surface area contributed by atoms with Crippen LogP contribution >= 0.6 is 0 Å². The van der Waals surface area contributed by atoms with Crippen molar-refractivity contribution in [1.82, 2.24) is 42.1 Å². The van der Waals surface area contributed by atoms with Gasteiger partial charge in [0.05, 0.1) is 98.2 Å². The zero-order chi connectivity index (χ0) is 72.1. The summed E-state index contributed by atoms with van der Waals surface area (Å²) in [5, 5.41) is 33.8. The average molecular weight is 1470 g/mol. The maximum atomic E-state index is 7.94. The molecule has 602 valence electrons. The SMILES string of the molecule is CCCCOC1C2CC3CCCCC3CC2C(OCCCC)C2C3NC(NC4NC(NC5C6C(OCCCC)C7CCCCC7C(OCCCC)C6C(NC6NC(N3)C3C(OCCCC)C7CC8CCCCC8CC7C(OCCCC)C63)N5C)C3C(OCCCC)C5CCCCC5C(OCCCC)C43)C12. The normalized spacial score (nSPS) is 47.6. The van der Waals surface area contributed by atoms with Crippen molar-refractivity contribution in [3.05, 3.63) is 0 Å². The zero-order valence-corrected chi connectivity index (χ0v) is 68.1. The minimum atomic E-state index is -0.0717. The first-order chi connectivity index (χ1) is 51.7. The van der Waals surface area contributed by atoms with Gasteiger partial charge in [0.1, 0.15) is 0 Å². The highest BCUT2D eigenvalue weighted by Gasteiger charge is 2.70. The maximum absolute atomic E-state index is 7.94. The molecule has 0 spiro atoms. The highest BCUT2D eigenvalue weighted by molar-refractivity contribution is 5.20. The summed E-state index contributed by atoms with van der Waals surface area (Å²) in [6, 6.07) is 0. The Morgan fingerprint density at radius 3 is 0.619 bits per heavy atom. The fourth-order valence-electron chi connectivity index (χ4n) is 27.6. The third-order valence-electron chi connectivity index (χ3n) is 32.3. The topological polar surface area (TPSA) is 161 Å². The molecule has 7 N–H and O–H groups in total. The van der Waals surface area contributed by atoms with Crippen LogP contribution in [0.4, 0.5) is 0 Å². The zero-order valence-electron chi connectivity index (χ0n) is 68.1. The first-order valence-electron chi connectivity index (χ1n) is 46.7. The Labute approximate surface area is 639 Å². The quantitative estimate of drug-likeness (QED) is 0.0318. The Morgan fingerprint density at radius 1 is 0.229 bits per heavy atom. The van der Waals surface area contributed by atoms with Gasteiger partial charge in [-0.2, -0.15) is 0 Å². The Kier molecular flexibility index (Phi) is 28.6. The molecule has 0 amide bonds. The number of rotatable bonds is 32. The van der Waals surface area contributed by atoms with Crippen LogP contribution in [0, 0.1) is 118 Å². The molecule has 0 radical (unpaired) electrons. The third-order valence-corrected chi connectivity index (χ3v) is 32.3. The van der Waals surface area contributed by atoms with E-state index in [1.54, 1.807) is 0 Å². The van der Waals surface area contributed by atoms with E-state index in [4.69, 9.17) is 75.1 Å². The molecule has 105 heavy (non-hydrogen) atoms. The second-order valence-corrected chi connectivity index (χ2v) is 38.2. The van der Waals surface area contributed by atoms with Crippen molar-refractivity contribution in [2.24, 2.45) is 118 Å². The molecule has 5 heterocycles. The number of hydrogen-bond donors (Lipinski definition) is 7. The summed E-state index contributed by atoms with van der Waals surface area (Å²) < 4.78 is 62.9. The summed E-state index contributed by atoms with van der Waals surface area (Å²) in [5.74, 6) is 7.88. The summed E-state index contributed by atoms with van der Waals surface area (Å²) in [5.41, 5.74) is 0. The minimum Gasteiger partial charge on any atom is -0.378 e. The van der Waals surface area contributed by atoms with E-state index in [2.05, 4.69) is 67.3 Å². The van der Waals surface area contributed by atoms with Crippen LogP contribution in [-0.4, -0.2) is 163 Å². The molecule has 0 aromatic carbocycles. The molecule has 10 saturated carbocycles. The molecular weight excluding hydrogens is 1310 g/mol. The molecule has 36 unspecified atom stereocenters. The van der Waals surface area contributed by atoms with Gasteiger partial charge in [-0.3, -0.25) is 42.1 Å². The molecule has 5 saturated heterocycles. The lowest BCUT2D eigenvalue weighted by molar-refractivity contribution is -0.192. The molecule has 0 aromatic rings. The van der Waals surface area contributed by atoms with Gasteiger partial charge in [0.25, 0.3) is 0 Å². The number of hydrogen-bond acceptors (Lipinski definition) is 16. The van der Waals surface area contributed by atoms with E-state index in [1.165, 1.54) is 128 Å². The number of ether oxygens (including phenoxy) is 8. The van der Waals surface area contributed by atoms with E-state index in [1.807, 2.05) is 0 Å². The molecule has 16 heteroatoms. The van der Waals surface area contributed by atoms with Crippen LogP contribution in [0.3, 0.4) is 0 Å². The van der Waals surface area contributed by atoms with Crippen molar-refractivity contribution in [2.45, 2.75) is 385 Å². The first-order valence-corrected chi connectivity index (χ1v) is 46.7. The van der Waals surface area contributed by atoms with Gasteiger partial charge in [-0.05, 0) is 181 Å². The maximum Gasteiger partial charge on any atom is 0.0678 e. The Hall–Kier alpha value is -0.640. The molecule has 0 aromatic heterocycles. The van der Waals surface area contributed by atoms with E-state index in [-0.39, 0.29) is 146 Å². The van der Waals surface area contributed by atoms with Gasteiger partial charge >= 0.3 is 0 Å². The number of nitrogens with one attached hydrogen (secondary N) is 7. The van der Waals surface area contributed by atoms with Crippen LogP contribution in [0.5, 0.6) is 0 Å². The van der Waals surface area contributed by atoms with Crippen molar-refractivity contribution < 1.29 is 37.9 Å². The lowest BCUT2D eigenvalue weighted by atomic mass is 9.53. The predicted molar refractivity (Wildman–Crippen MR) is 419 cm³/mol. The van der Waals surface area contributed by atoms with Crippen molar-refractivity contribution >= 4 is 0 Å². The average Bonchev–Trinajstić information content (AvgIpc) is 1.43. The molecule has 15 rings (SSSR count). The Balaban J connectivity index is 0.933. The van der Waals surface area contributed by atoms with Gasteiger partial charge in [0.2, 0.25) is 0 Å². The predicted octanol–water partition coefficient (Wildman–Crippen LogP) is 15.5. The smallest absolute Gasteiger partial charge is 0.0678 e. The van der Waals surface area contributed by atoms with Crippen molar-refractivity contribution in [3.63, 3.8) is 0 Å². The van der Waals surface area contributed by atoms with Gasteiger partial charge in [-0.1, -0.05) is 184 Å². The second-order valence-electron chi connectivity index (χ2n) is 38.2. The molecule has 5 aliphatic heterocycles. The Bertz CT molecular complexity index is 2600. The van der Waals surface area contributed by atoms with Gasteiger partial charge < -0.3 is 37.9 Å². The second kappa shape index (κ2) is 37.8. The molecular formula is C89H158N8O8. The van der Waals surface area contributed by atoms with Gasteiger partial charge in [-0.15, -0.1) is 0 Å². The van der Waals surface area contributed by atoms with Crippen LogP contribution in [-0.2, 0) is 37.9 Å². The molecule has 10 aliphatic carbocycles. The summed E-state index contributed by atoms with van der Waals surface area (Å²) in [4.78, 5) is 2.87. The fourth-order valence-corrected chi connectivity index (χ4v) is 27.6. The van der Waals surface area contributed by atoms with Crippen LogP contribution in [0.1, 0.15) is 287 Å². The lowest BCUT2D eigenvalue weighted by Gasteiger charge is -2.57. The van der Waals surface area contributed by atoms with E-state index in [0.717, 1.165) is 179 Å². The molecule has 8 bridgehead atoms. The van der Waals surface area contributed by atoms with Gasteiger partial charge in [0, 0.05) is 100 Å².